The van der Waals surface area contributed by atoms with E-state index in [1.54, 1.807) is 4.90 Å². The van der Waals surface area contributed by atoms with Crippen LogP contribution >= 0.6 is 0 Å². The van der Waals surface area contributed by atoms with Crippen LogP contribution < -0.4 is 4.90 Å². The fourth-order valence-corrected chi connectivity index (χ4v) is 2.15. The summed E-state index contributed by atoms with van der Waals surface area (Å²) in [4.78, 5) is 12.8. The zero-order valence-corrected chi connectivity index (χ0v) is 10.4. The Morgan fingerprint density at radius 3 is 2.74 bits per heavy atom. The van der Waals surface area contributed by atoms with Gasteiger partial charge in [-0.1, -0.05) is 0 Å². The average molecular weight is 273 g/mol. The second-order valence-electron chi connectivity index (χ2n) is 4.51. The van der Waals surface area contributed by atoms with Gasteiger partial charge in [0.05, 0.1) is 18.8 Å². The van der Waals surface area contributed by atoms with E-state index in [0.29, 0.717) is 31.7 Å². The quantitative estimate of drug-likeness (QED) is 0.776. The normalized spacial score (nSPS) is 20.4. The summed E-state index contributed by atoms with van der Waals surface area (Å²) in [6.45, 7) is 3.21. The van der Waals surface area contributed by atoms with Crippen molar-refractivity contribution in [2.75, 3.05) is 24.7 Å². The number of alkyl halides is 3. The van der Waals surface area contributed by atoms with Gasteiger partial charge in [-0.3, -0.25) is 4.79 Å². The highest BCUT2D eigenvalue weighted by molar-refractivity contribution is 5.85. The summed E-state index contributed by atoms with van der Waals surface area (Å²) >= 11 is 0. The molecule has 0 bridgehead atoms. The lowest BCUT2D eigenvalue weighted by atomic mass is 10.1. The Bertz CT molecular complexity index is 473. The molecule has 0 amide bonds. The number of nitrogens with zero attached hydrogens (tertiary/aromatic N) is 1. The molecule has 0 aliphatic carbocycles. The highest BCUT2D eigenvalue weighted by atomic mass is 19.4. The number of hydrogen-bond acceptors (Lipinski definition) is 3. The lowest BCUT2D eigenvalue weighted by Crippen LogP contribution is -2.44. The minimum Gasteiger partial charge on any atom is -0.377 e. The van der Waals surface area contributed by atoms with Crippen LogP contribution in [-0.2, 0) is 10.9 Å². The molecular weight excluding hydrogens is 259 g/mol. The van der Waals surface area contributed by atoms with Crippen molar-refractivity contribution in [3.05, 3.63) is 29.3 Å². The second-order valence-corrected chi connectivity index (χ2v) is 4.51. The van der Waals surface area contributed by atoms with Crippen LogP contribution in [0.25, 0.3) is 0 Å². The highest BCUT2D eigenvalue weighted by Gasteiger charge is 2.32. The van der Waals surface area contributed by atoms with Gasteiger partial charge in [-0.2, -0.15) is 13.2 Å². The zero-order chi connectivity index (χ0) is 14.0. The fourth-order valence-electron chi connectivity index (χ4n) is 2.15. The Labute approximate surface area is 109 Å². The van der Waals surface area contributed by atoms with E-state index in [2.05, 4.69) is 0 Å². The highest BCUT2D eigenvalue weighted by Crippen LogP contribution is 2.34. The molecule has 1 aliphatic rings. The second kappa shape index (κ2) is 5.21. The van der Waals surface area contributed by atoms with E-state index in [0.717, 1.165) is 12.1 Å². The molecular formula is C13H14F3NO2. The smallest absolute Gasteiger partial charge is 0.377 e. The van der Waals surface area contributed by atoms with Gasteiger partial charge in [-0.15, -0.1) is 0 Å². The predicted molar refractivity (Wildman–Crippen MR) is 64.5 cm³/mol. The topological polar surface area (TPSA) is 29.5 Å². The van der Waals surface area contributed by atoms with Gasteiger partial charge < -0.3 is 9.64 Å². The van der Waals surface area contributed by atoms with Crippen LogP contribution in [0.1, 0.15) is 22.8 Å². The summed E-state index contributed by atoms with van der Waals surface area (Å²) in [6, 6.07) is 3.12. The van der Waals surface area contributed by atoms with Crippen molar-refractivity contribution < 1.29 is 22.7 Å². The van der Waals surface area contributed by atoms with E-state index in [1.165, 1.54) is 6.07 Å². The molecule has 1 aliphatic heterocycles. The Morgan fingerprint density at radius 1 is 1.42 bits per heavy atom. The Hall–Kier alpha value is -1.56. The van der Waals surface area contributed by atoms with Crippen molar-refractivity contribution in [2.24, 2.45) is 0 Å². The molecule has 104 valence electrons. The zero-order valence-electron chi connectivity index (χ0n) is 10.4. The molecule has 1 aromatic carbocycles. The molecule has 0 N–H and O–H groups in total. The van der Waals surface area contributed by atoms with Gasteiger partial charge in [-0.25, -0.2) is 0 Å². The van der Waals surface area contributed by atoms with Crippen LogP contribution in [0, 0.1) is 0 Å². The van der Waals surface area contributed by atoms with E-state index >= 15 is 0 Å². The Kier molecular flexibility index (Phi) is 3.80. The van der Waals surface area contributed by atoms with E-state index in [-0.39, 0.29) is 11.6 Å². The van der Waals surface area contributed by atoms with Gasteiger partial charge in [0.15, 0.2) is 6.29 Å². The molecule has 6 heteroatoms. The van der Waals surface area contributed by atoms with Gasteiger partial charge in [0.2, 0.25) is 0 Å². The van der Waals surface area contributed by atoms with Crippen LogP contribution in [0.15, 0.2) is 18.2 Å². The van der Waals surface area contributed by atoms with Gasteiger partial charge in [0, 0.05) is 23.8 Å². The van der Waals surface area contributed by atoms with Gasteiger partial charge in [-0.05, 0) is 25.1 Å². The molecule has 0 aromatic heterocycles. The largest absolute Gasteiger partial charge is 0.416 e. The summed E-state index contributed by atoms with van der Waals surface area (Å²) in [7, 11) is 0. The monoisotopic (exact) mass is 273 g/mol. The maximum Gasteiger partial charge on any atom is 0.416 e. The summed E-state index contributed by atoms with van der Waals surface area (Å²) in [5.41, 5.74) is -0.158. The van der Waals surface area contributed by atoms with Crippen molar-refractivity contribution in [3.8, 4) is 0 Å². The number of ether oxygens (including phenoxy) is 1. The van der Waals surface area contributed by atoms with Crippen molar-refractivity contribution in [3.63, 3.8) is 0 Å². The predicted octanol–water partition coefficient (Wildman–Crippen LogP) is 2.74. The molecule has 0 radical (unpaired) electrons. The standard InChI is InChI=1S/C13H14F3NO2/c1-9-8-19-5-4-17(9)12-6-11(13(14,15)16)3-2-10(12)7-18/h2-3,6-7,9H,4-5,8H2,1H3. The first-order valence-electron chi connectivity index (χ1n) is 5.94. The molecule has 0 saturated carbocycles. The Morgan fingerprint density at radius 2 is 2.16 bits per heavy atom. The first kappa shape index (κ1) is 13.9. The molecule has 1 atom stereocenters. The molecule has 1 saturated heterocycles. The number of rotatable bonds is 2. The third-order valence-electron chi connectivity index (χ3n) is 3.16. The first-order valence-corrected chi connectivity index (χ1v) is 5.94. The van der Waals surface area contributed by atoms with Crippen molar-refractivity contribution in [2.45, 2.75) is 19.1 Å². The van der Waals surface area contributed by atoms with Crippen LogP contribution in [-0.4, -0.2) is 32.1 Å². The number of benzene rings is 1. The number of carbonyl (C=O) groups is 1. The number of hydrogen-bond donors (Lipinski definition) is 0. The van der Waals surface area contributed by atoms with Crippen LogP contribution in [0.4, 0.5) is 18.9 Å². The summed E-state index contributed by atoms with van der Waals surface area (Å²) < 4.78 is 43.5. The van der Waals surface area contributed by atoms with E-state index < -0.39 is 11.7 Å². The number of aldehydes is 1. The third-order valence-corrected chi connectivity index (χ3v) is 3.16. The third kappa shape index (κ3) is 2.89. The average Bonchev–Trinajstić information content (AvgIpc) is 2.37. The summed E-state index contributed by atoms with van der Waals surface area (Å²) in [5, 5.41) is 0. The SMILES string of the molecule is CC1COCCN1c1cc(C(F)(F)F)ccc1C=O. The number of halogens is 3. The molecule has 1 unspecified atom stereocenters. The lowest BCUT2D eigenvalue weighted by Gasteiger charge is -2.36. The van der Waals surface area contributed by atoms with Crippen molar-refractivity contribution in [1.82, 2.24) is 0 Å². The molecule has 2 rings (SSSR count). The minimum absolute atomic E-state index is 0.0593. The van der Waals surface area contributed by atoms with Crippen molar-refractivity contribution in [1.29, 1.82) is 0 Å². The van der Waals surface area contributed by atoms with E-state index in [4.69, 9.17) is 4.74 Å². The summed E-state index contributed by atoms with van der Waals surface area (Å²) in [6.07, 6.45) is -3.83. The summed E-state index contributed by atoms with van der Waals surface area (Å²) in [5.74, 6) is 0. The van der Waals surface area contributed by atoms with Crippen LogP contribution in [0.5, 0.6) is 0 Å². The number of carbonyl (C=O) groups excluding carboxylic acids is 1. The van der Waals surface area contributed by atoms with E-state index in [1.807, 2.05) is 6.92 Å². The molecule has 1 heterocycles. The number of anilines is 1. The number of morpholine rings is 1. The first-order chi connectivity index (χ1) is 8.93. The molecule has 1 aromatic rings. The maximum atomic E-state index is 12.7. The van der Waals surface area contributed by atoms with Crippen LogP contribution in [0.2, 0.25) is 0 Å². The molecule has 19 heavy (non-hydrogen) atoms. The molecule has 3 nitrogen and oxygen atoms in total. The van der Waals surface area contributed by atoms with Crippen LogP contribution in [0.3, 0.4) is 0 Å². The fraction of sp³-hybridized carbons (Fsp3) is 0.462. The van der Waals surface area contributed by atoms with Gasteiger partial charge in [0.1, 0.15) is 0 Å². The Balaban J connectivity index is 2.43. The van der Waals surface area contributed by atoms with Gasteiger partial charge in [0.25, 0.3) is 0 Å². The lowest BCUT2D eigenvalue weighted by molar-refractivity contribution is -0.137. The maximum absolute atomic E-state index is 12.7. The molecule has 0 spiro atoms. The van der Waals surface area contributed by atoms with Gasteiger partial charge >= 0.3 is 6.18 Å². The van der Waals surface area contributed by atoms with E-state index in [9.17, 15) is 18.0 Å². The van der Waals surface area contributed by atoms with Crippen molar-refractivity contribution >= 4 is 12.0 Å². The minimum atomic E-state index is -4.41. The molecule has 1 fully saturated rings.